The summed E-state index contributed by atoms with van der Waals surface area (Å²) >= 11 is 3.46. The van der Waals surface area contributed by atoms with E-state index in [0.717, 1.165) is 25.7 Å². The summed E-state index contributed by atoms with van der Waals surface area (Å²) in [5.41, 5.74) is 0.531. The smallest absolute Gasteiger partial charge is 0.331 e. The quantitative estimate of drug-likeness (QED) is 0.527. The number of hydrogen-bond acceptors (Lipinski definition) is 5. The highest BCUT2D eigenvalue weighted by Crippen LogP contribution is 2.38. The molecule has 0 unspecified atom stereocenters. The third kappa shape index (κ3) is 4.06. The molecule has 1 aromatic rings. The fraction of sp³-hybridized carbons (Fsp3) is 0.450. The Morgan fingerprint density at radius 2 is 1.82 bits per heavy atom. The Labute approximate surface area is 172 Å². The largest absolute Gasteiger partial charge is 0.490 e. The number of carbonyl (C=O) groups is 3. The molecule has 1 N–H and O–H groups in total. The zero-order valence-corrected chi connectivity index (χ0v) is 17.5. The van der Waals surface area contributed by atoms with Crippen molar-refractivity contribution in [1.29, 1.82) is 0 Å². The van der Waals surface area contributed by atoms with Crippen molar-refractivity contribution in [2.24, 2.45) is 0 Å². The second-order valence-corrected chi connectivity index (χ2v) is 7.48. The van der Waals surface area contributed by atoms with Crippen LogP contribution in [0.15, 0.2) is 22.2 Å². The van der Waals surface area contributed by atoms with Crippen LogP contribution < -0.4 is 14.8 Å². The lowest BCUT2D eigenvalue weighted by molar-refractivity contribution is -0.131. The molecule has 4 amide bonds. The molecule has 28 heavy (non-hydrogen) atoms. The first kappa shape index (κ1) is 20.4. The van der Waals surface area contributed by atoms with Crippen LogP contribution in [-0.4, -0.2) is 42.0 Å². The van der Waals surface area contributed by atoms with Crippen molar-refractivity contribution in [3.05, 3.63) is 27.7 Å². The highest BCUT2D eigenvalue weighted by Gasteiger charge is 2.40. The van der Waals surface area contributed by atoms with E-state index in [1.165, 1.54) is 11.0 Å². The number of amides is 4. The Bertz CT molecular complexity index is 830. The van der Waals surface area contributed by atoms with Gasteiger partial charge in [0.25, 0.3) is 11.8 Å². The van der Waals surface area contributed by atoms with Gasteiger partial charge in [-0.05, 0) is 66.4 Å². The zero-order chi connectivity index (χ0) is 20.3. The van der Waals surface area contributed by atoms with E-state index in [2.05, 4.69) is 21.2 Å². The second-order valence-electron chi connectivity index (χ2n) is 6.63. The van der Waals surface area contributed by atoms with Crippen LogP contribution in [0.2, 0.25) is 0 Å². The fourth-order valence-corrected chi connectivity index (χ4v) is 4.12. The van der Waals surface area contributed by atoms with Crippen LogP contribution in [0, 0.1) is 0 Å². The number of carbonyl (C=O) groups excluding carboxylic acids is 3. The molecule has 0 radical (unpaired) electrons. The van der Waals surface area contributed by atoms with Gasteiger partial charge in [0.1, 0.15) is 5.57 Å². The maximum Gasteiger partial charge on any atom is 0.331 e. The fourth-order valence-electron chi connectivity index (χ4n) is 3.55. The SMILES string of the molecule is CCOc1cc(/C=C2\C(=O)NC(=O)N(C3CCCC3)C2=O)cc(Br)c1OCC. The van der Waals surface area contributed by atoms with E-state index in [1.54, 1.807) is 12.1 Å². The van der Waals surface area contributed by atoms with Gasteiger partial charge in [-0.2, -0.15) is 0 Å². The molecular weight excluding hydrogens is 428 g/mol. The van der Waals surface area contributed by atoms with Crippen LogP contribution in [-0.2, 0) is 9.59 Å². The van der Waals surface area contributed by atoms with Crippen molar-refractivity contribution >= 4 is 39.9 Å². The van der Waals surface area contributed by atoms with Gasteiger partial charge in [0.2, 0.25) is 0 Å². The Morgan fingerprint density at radius 3 is 2.46 bits per heavy atom. The number of barbiturate groups is 1. The topological polar surface area (TPSA) is 84.9 Å². The molecule has 3 rings (SSSR count). The summed E-state index contributed by atoms with van der Waals surface area (Å²) in [5, 5.41) is 2.28. The van der Waals surface area contributed by atoms with Gasteiger partial charge in [0, 0.05) is 6.04 Å². The Morgan fingerprint density at radius 1 is 1.14 bits per heavy atom. The van der Waals surface area contributed by atoms with Crippen LogP contribution in [0.25, 0.3) is 6.08 Å². The molecule has 0 atom stereocenters. The maximum absolute atomic E-state index is 12.9. The summed E-state index contributed by atoms with van der Waals surface area (Å²) in [7, 11) is 0. The molecule has 150 valence electrons. The molecule has 1 aromatic carbocycles. The highest BCUT2D eigenvalue weighted by molar-refractivity contribution is 9.10. The van der Waals surface area contributed by atoms with Crippen LogP contribution in [0.3, 0.4) is 0 Å². The van der Waals surface area contributed by atoms with Crippen LogP contribution in [0.4, 0.5) is 4.79 Å². The van der Waals surface area contributed by atoms with Crippen molar-refractivity contribution in [3.8, 4) is 11.5 Å². The number of nitrogens with zero attached hydrogens (tertiary/aromatic N) is 1. The molecule has 1 aliphatic heterocycles. The first-order valence-electron chi connectivity index (χ1n) is 9.46. The molecule has 2 aliphatic rings. The van der Waals surface area contributed by atoms with Crippen molar-refractivity contribution < 1.29 is 23.9 Å². The van der Waals surface area contributed by atoms with E-state index >= 15 is 0 Å². The number of urea groups is 1. The second kappa shape index (κ2) is 8.77. The average Bonchev–Trinajstić information content (AvgIpc) is 3.16. The minimum Gasteiger partial charge on any atom is -0.490 e. The predicted octanol–water partition coefficient (Wildman–Crippen LogP) is 3.65. The molecule has 0 aromatic heterocycles. The summed E-state index contributed by atoms with van der Waals surface area (Å²) in [6, 6.07) is 2.66. The highest BCUT2D eigenvalue weighted by atomic mass is 79.9. The van der Waals surface area contributed by atoms with Crippen molar-refractivity contribution in [2.75, 3.05) is 13.2 Å². The Hall–Kier alpha value is -2.35. The van der Waals surface area contributed by atoms with E-state index in [-0.39, 0.29) is 11.6 Å². The molecular formula is C20H23BrN2O5. The predicted molar refractivity (Wildman–Crippen MR) is 107 cm³/mol. The number of rotatable bonds is 6. The maximum atomic E-state index is 12.9. The van der Waals surface area contributed by atoms with E-state index < -0.39 is 17.8 Å². The number of ether oxygens (including phenoxy) is 2. The van der Waals surface area contributed by atoms with Gasteiger partial charge in [0.15, 0.2) is 11.5 Å². The Balaban J connectivity index is 1.97. The molecule has 8 heteroatoms. The summed E-state index contributed by atoms with van der Waals surface area (Å²) in [6.07, 6.45) is 4.96. The molecule has 1 saturated carbocycles. The third-order valence-corrected chi connectivity index (χ3v) is 5.34. The Kier molecular flexibility index (Phi) is 6.39. The van der Waals surface area contributed by atoms with E-state index in [4.69, 9.17) is 9.47 Å². The molecule has 1 aliphatic carbocycles. The molecule has 0 spiro atoms. The summed E-state index contributed by atoms with van der Waals surface area (Å²) < 4.78 is 11.9. The number of imide groups is 2. The van der Waals surface area contributed by atoms with Gasteiger partial charge < -0.3 is 9.47 Å². The van der Waals surface area contributed by atoms with Gasteiger partial charge in [-0.1, -0.05) is 12.8 Å². The van der Waals surface area contributed by atoms with Crippen LogP contribution in [0.1, 0.15) is 45.1 Å². The summed E-state index contributed by atoms with van der Waals surface area (Å²) in [5.74, 6) is -0.164. The standard InChI is InChI=1S/C20H23BrN2O5/c1-3-27-16-11-12(10-15(21)17(16)28-4-2)9-14-18(24)22-20(26)23(19(14)25)13-7-5-6-8-13/h9-11,13H,3-8H2,1-2H3,(H,22,24,26)/b14-9+. The van der Waals surface area contributed by atoms with Gasteiger partial charge in [0.05, 0.1) is 17.7 Å². The minimum atomic E-state index is -0.688. The minimum absolute atomic E-state index is 0.0648. The molecule has 7 nitrogen and oxygen atoms in total. The molecule has 1 heterocycles. The first-order valence-corrected chi connectivity index (χ1v) is 10.2. The van der Waals surface area contributed by atoms with Gasteiger partial charge in [-0.25, -0.2) is 4.79 Å². The van der Waals surface area contributed by atoms with Crippen molar-refractivity contribution in [1.82, 2.24) is 10.2 Å². The number of nitrogens with one attached hydrogen (secondary N) is 1. The van der Waals surface area contributed by atoms with Crippen LogP contribution in [0.5, 0.6) is 11.5 Å². The number of benzene rings is 1. The molecule has 1 saturated heterocycles. The van der Waals surface area contributed by atoms with Crippen LogP contribution >= 0.6 is 15.9 Å². The average molecular weight is 451 g/mol. The van der Waals surface area contributed by atoms with Gasteiger partial charge in [-0.3, -0.25) is 19.8 Å². The summed E-state index contributed by atoms with van der Waals surface area (Å²) in [4.78, 5) is 38.6. The summed E-state index contributed by atoms with van der Waals surface area (Å²) in [6.45, 7) is 4.64. The first-order chi connectivity index (χ1) is 13.5. The van der Waals surface area contributed by atoms with E-state index in [1.807, 2.05) is 13.8 Å². The lowest BCUT2D eigenvalue weighted by Gasteiger charge is -2.31. The van der Waals surface area contributed by atoms with Gasteiger partial charge >= 0.3 is 6.03 Å². The molecule has 0 bridgehead atoms. The van der Waals surface area contributed by atoms with E-state index in [9.17, 15) is 14.4 Å². The third-order valence-electron chi connectivity index (χ3n) is 4.75. The van der Waals surface area contributed by atoms with Crippen molar-refractivity contribution in [2.45, 2.75) is 45.6 Å². The lowest BCUT2D eigenvalue weighted by Crippen LogP contribution is -2.57. The lowest BCUT2D eigenvalue weighted by atomic mass is 10.0. The van der Waals surface area contributed by atoms with Gasteiger partial charge in [-0.15, -0.1) is 0 Å². The normalized spacial score (nSPS) is 19.3. The number of hydrogen-bond donors (Lipinski definition) is 1. The van der Waals surface area contributed by atoms with E-state index in [0.29, 0.717) is 34.7 Å². The number of halogens is 1. The monoisotopic (exact) mass is 450 g/mol. The van der Waals surface area contributed by atoms with Crippen molar-refractivity contribution in [3.63, 3.8) is 0 Å². The molecule has 2 fully saturated rings. The zero-order valence-electron chi connectivity index (χ0n) is 15.9.